The first kappa shape index (κ1) is 13.2. The van der Waals surface area contributed by atoms with Gasteiger partial charge in [-0.3, -0.25) is 4.79 Å². The van der Waals surface area contributed by atoms with Gasteiger partial charge in [0.25, 0.3) is 5.91 Å². The fourth-order valence-corrected chi connectivity index (χ4v) is 2.13. The molecule has 112 valence electrons. The molecule has 4 rings (SSSR count). The van der Waals surface area contributed by atoms with Gasteiger partial charge in [0.15, 0.2) is 0 Å². The predicted octanol–water partition coefficient (Wildman–Crippen LogP) is 2.54. The molecule has 2 aromatic rings. The van der Waals surface area contributed by atoms with Crippen LogP contribution in [0, 0.1) is 0 Å². The molecule has 0 atom stereocenters. The average Bonchev–Trinajstić information content (AvgIpc) is 3.43. The number of amides is 1. The first-order valence-corrected chi connectivity index (χ1v) is 7.54. The Labute approximate surface area is 128 Å². The molecule has 1 amide bonds. The van der Waals surface area contributed by atoms with Gasteiger partial charge in [-0.25, -0.2) is 15.0 Å². The van der Waals surface area contributed by atoms with Crippen LogP contribution in [-0.2, 0) is 0 Å². The number of anilines is 1. The predicted molar refractivity (Wildman–Crippen MR) is 79.8 cm³/mol. The van der Waals surface area contributed by atoms with Crippen molar-refractivity contribution in [3.05, 3.63) is 42.1 Å². The Morgan fingerprint density at radius 2 is 1.91 bits per heavy atom. The van der Waals surface area contributed by atoms with Crippen LogP contribution in [0.3, 0.4) is 0 Å². The summed E-state index contributed by atoms with van der Waals surface area (Å²) in [7, 11) is 0. The maximum absolute atomic E-state index is 12.3. The van der Waals surface area contributed by atoms with Gasteiger partial charge in [-0.15, -0.1) is 0 Å². The molecule has 2 heterocycles. The van der Waals surface area contributed by atoms with E-state index in [9.17, 15) is 4.79 Å². The fourth-order valence-electron chi connectivity index (χ4n) is 2.13. The molecule has 22 heavy (non-hydrogen) atoms. The maximum Gasteiger partial charge on any atom is 0.258 e. The molecule has 2 aliphatic carbocycles. The highest BCUT2D eigenvalue weighted by molar-refractivity contribution is 6.04. The second-order valence-electron chi connectivity index (χ2n) is 5.73. The molecule has 0 radical (unpaired) electrons. The Kier molecular flexibility index (Phi) is 3.21. The van der Waals surface area contributed by atoms with E-state index in [4.69, 9.17) is 4.74 Å². The van der Waals surface area contributed by atoms with Gasteiger partial charge in [-0.05, 0) is 37.8 Å². The highest BCUT2D eigenvalue weighted by atomic mass is 16.5. The van der Waals surface area contributed by atoms with Crippen molar-refractivity contribution in [2.75, 3.05) is 5.32 Å². The van der Waals surface area contributed by atoms with Gasteiger partial charge in [0.2, 0.25) is 5.88 Å². The van der Waals surface area contributed by atoms with Crippen LogP contribution in [0.4, 0.5) is 5.69 Å². The third kappa shape index (κ3) is 2.90. The first-order valence-electron chi connectivity index (χ1n) is 7.54. The van der Waals surface area contributed by atoms with E-state index in [0.717, 1.165) is 31.5 Å². The lowest BCUT2D eigenvalue weighted by atomic mass is 10.3. The van der Waals surface area contributed by atoms with E-state index in [-0.39, 0.29) is 12.0 Å². The summed E-state index contributed by atoms with van der Waals surface area (Å²) in [6, 6.07) is 3.55. The number of nitrogens with one attached hydrogen (secondary N) is 1. The van der Waals surface area contributed by atoms with Gasteiger partial charge in [-0.1, -0.05) is 0 Å². The van der Waals surface area contributed by atoms with Crippen molar-refractivity contribution in [2.24, 2.45) is 0 Å². The Balaban J connectivity index is 1.48. The van der Waals surface area contributed by atoms with Gasteiger partial charge < -0.3 is 10.1 Å². The SMILES string of the molecule is O=C(Nc1cccnc1OC1CC1)c1cnc(C2CC2)nc1. The summed E-state index contributed by atoms with van der Waals surface area (Å²) in [5.41, 5.74) is 1.01. The number of carbonyl (C=O) groups excluding carboxylic acids is 1. The fraction of sp³-hybridized carbons (Fsp3) is 0.375. The van der Waals surface area contributed by atoms with Gasteiger partial charge in [0.1, 0.15) is 17.6 Å². The Morgan fingerprint density at radius 3 is 2.59 bits per heavy atom. The van der Waals surface area contributed by atoms with E-state index in [1.165, 1.54) is 0 Å². The third-order valence-electron chi connectivity index (χ3n) is 3.70. The lowest BCUT2D eigenvalue weighted by molar-refractivity contribution is 0.102. The molecule has 0 spiro atoms. The molecule has 2 aliphatic rings. The third-order valence-corrected chi connectivity index (χ3v) is 3.70. The number of hydrogen-bond acceptors (Lipinski definition) is 5. The zero-order valence-electron chi connectivity index (χ0n) is 12.0. The van der Waals surface area contributed by atoms with E-state index in [2.05, 4.69) is 20.3 Å². The maximum atomic E-state index is 12.3. The van der Waals surface area contributed by atoms with Crippen LogP contribution in [-0.4, -0.2) is 27.0 Å². The molecule has 1 N–H and O–H groups in total. The van der Waals surface area contributed by atoms with Crippen LogP contribution in [0.1, 0.15) is 47.8 Å². The Bertz CT molecular complexity index is 694. The van der Waals surface area contributed by atoms with Crippen molar-refractivity contribution in [2.45, 2.75) is 37.7 Å². The van der Waals surface area contributed by atoms with E-state index in [1.54, 1.807) is 30.7 Å². The molecule has 2 aromatic heterocycles. The van der Waals surface area contributed by atoms with E-state index in [0.29, 0.717) is 23.0 Å². The molecule has 0 aromatic carbocycles. The van der Waals surface area contributed by atoms with Crippen LogP contribution in [0.25, 0.3) is 0 Å². The molecule has 6 nitrogen and oxygen atoms in total. The van der Waals surface area contributed by atoms with Crippen LogP contribution >= 0.6 is 0 Å². The van der Waals surface area contributed by atoms with Crippen LogP contribution in [0.15, 0.2) is 30.7 Å². The van der Waals surface area contributed by atoms with Crippen molar-refractivity contribution in [1.82, 2.24) is 15.0 Å². The minimum Gasteiger partial charge on any atom is -0.473 e. The number of pyridine rings is 1. The molecule has 0 unspecified atom stereocenters. The van der Waals surface area contributed by atoms with E-state index in [1.807, 2.05) is 0 Å². The summed E-state index contributed by atoms with van der Waals surface area (Å²) < 4.78 is 5.69. The molecule has 0 aliphatic heterocycles. The Hall–Kier alpha value is -2.50. The first-order chi connectivity index (χ1) is 10.8. The molecule has 6 heteroatoms. The summed E-state index contributed by atoms with van der Waals surface area (Å²) >= 11 is 0. The van der Waals surface area contributed by atoms with Gasteiger partial charge in [-0.2, -0.15) is 0 Å². The second kappa shape index (κ2) is 5.36. The quantitative estimate of drug-likeness (QED) is 0.917. The molecule has 2 saturated carbocycles. The minimum atomic E-state index is -0.254. The number of rotatable bonds is 5. The van der Waals surface area contributed by atoms with Crippen LogP contribution < -0.4 is 10.1 Å². The van der Waals surface area contributed by atoms with Crippen molar-refractivity contribution in [3.63, 3.8) is 0 Å². The normalized spacial score (nSPS) is 17.1. The lowest BCUT2D eigenvalue weighted by Gasteiger charge is -2.10. The standard InChI is InChI=1S/C16H16N4O2/c21-15(11-8-18-14(19-9-11)10-3-4-10)20-13-2-1-7-17-16(13)22-12-5-6-12/h1-2,7-10,12H,3-6H2,(H,20,21). The zero-order chi connectivity index (χ0) is 14.9. The monoisotopic (exact) mass is 296 g/mol. The number of nitrogens with zero attached hydrogens (tertiary/aromatic N) is 3. The van der Waals surface area contributed by atoms with Crippen LogP contribution in [0.2, 0.25) is 0 Å². The average molecular weight is 296 g/mol. The van der Waals surface area contributed by atoms with Gasteiger partial charge in [0, 0.05) is 24.5 Å². The van der Waals surface area contributed by atoms with E-state index < -0.39 is 0 Å². The topological polar surface area (TPSA) is 77.0 Å². The molecular weight excluding hydrogens is 280 g/mol. The zero-order valence-corrected chi connectivity index (χ0v) is 12.0. The Morgan fingerprint density at radius 1 is 1.14 bits per heavy atom. The largest absolute Gasteiger partial charge is 0.473 e. The van der Waals surface area contributed by atoms with Crippen molar-refractivity contribution < 1.29 is 9.53 Å². The van der Waals surface area contributed by atoms with Crippen molar-refractivity contribution in [1.29, 1.82) is 0 Å². The summed E-state index contributed by atoms with van der Waals surface area (Å²) in [4.78, 5) is 25.0. The molecular formula is C16H16N4O2. The molecule has 2 fully saturated rings. The molecule has 0 bridgehead atoms. The number of carbonyl (C=O) groups is 1. The highest BCUT2D eigenvalue weighted by Crippen LogP contribution is 2.37. The lowest BCUT2D eigenvalue weighted by Crippen LogP contribution is -2.14. The van der Waals surface area contributed by atoms with Gasteiger partial charge >= 0.3 is 0 Å². The van der Waals surface area contributed by atoms with Crippen LogP contribution in [0.5, 0.6) is 5.88 Å². The highest BCUT2D eigenvalue weighted by Gasteiger charge is 2.27. The number of aromatic nitrogens is 3. The van der Waals surface area contributed by atoms with Crippen molar-refractivity contribution in [3.8, 4) is 5.88 Å². The van der Waals surface area contributed by atoms with Crippen molar-refractivity contribution >= 4 is 11.6 Å². The summed E-state index contributed by atoms with van der Waals surface area (Å²) in [6.45, 7) is 0. The van der Waals surface area contributed by atoms with E-state index >= 15 is 0 Å². The summed E-state index contributed by atoms with van der Waals surface area (Å²) in [6.07, 6.45) is 9.40. The number of hydrogen-bond donors (Lipinski definition) is 1. The second-order valence-corrected chi connectivity index (χ2v) is 5.73. The minimum absolute atomic E-state index is 0.228. The number of ether oxygens (including phenoxy) is 1. The smallest absolute Gasteiger partial charge is 0.258 e. The summed E-state index contributed by atoms with van der Waals surface area (Å²) in [5, 5.41) is 2.82. The summed E-state index contributed by atoms with van der Waals surface area (Å²) in [5.74, 6) is 1.52. The van der Waals surface area contributed by atoms with Gasteiger partial charge in [0.05, 0.1) is 5.56 Å². The molecule has 0 saturated heterocycles.